The summed E-state index contributed by atoms with van der Waals surface area (Å²) in [5.41, 5.74) is 2.57. The molecule has 0 radical (unpaired) electrons. The van der Waals surface area contributed by atoms with Crippen molar-refractivity contribution in [2.45, 2.75) is 40.2 Å². The monoisotopic (exact) mass is 291 g/mol. The fraction of sp³-hybridized carbons (Fsp3) is 0.556. The summed E-state index contributed by atoms with van der Waals surface area (Å²) in [7, 11) is 1.68. The predicted molar refractivity (Wildman–Crippen MR) is 89.6 cm³/mol. The van der Waals surface area contributed by atoms with Gasteiger partial charge in [-0.05, 0) is 43.4 Å². The van der Waals surface area contributed by atoms with Gasteiger partial charge in [-0.1, -0.05) is 37.6 Å². The standard InChI is InChI=1S/C18H29NO2/c1-14(10-16-6-8-17(21-5)9-7-16)12-19-13-18(3,4)11-15(2)20/h6-10,15,19-20H,11-13H2,1-5H3/b14-10-. The van der Waals surface area contributed by atoms with Crippen LogP contribution in [0.5, 0.6) is 5.75 Å². The maximum atomic E-state index is 9.48. The highest BCUT2D eigenvalue weighted by atomic mass is 16.5. The quantitative estimate of drug-likeness (QED) is 0.770. The minimum Gasteiger partial charge on any atom is -0.497 e. The third kappa shape index (κ3) is 7.30. The zero-order chi connectivity index (χ0) is 15.9. The van der Waals surface area contributed by atoms with Gasteiger partial charge in [0.05, 0.1) is 13.2 Å². The molecule has 118 valence electrons. The summed E-state index contributed by atoms with van der Waals surface area (Å²) in [5, 5.41) is 13.0. The zero-order valence-corrected chi connectivity index (χ0v) is 13.9. The van der Waals surface area contributed by atoms with E-state index in [1.54, 1.807) is 7.11 Å². The van der Waals surface area contributed by atoms with E-state index in [4.69, 9.17) is 4.74 Å². The molecule has 0 saturated heterocycles. The highest BCUT2D eigenvalue weighted by molar-refractivity contribution is 5.53. The van der Waals surface area contributed by atoms with E-state index in [0.29, 0.717) is 0 Å². The average molecular weight is 291 g/mol. The lowest BCUT2D eigenvalue weighted by molar-refractivity contribution is 0.129. The number of benzene rings is 1. The summed E-state index contributed by atoms with van der Waals surface area (Å²) < 4.78 is 5.15. The van der Waals surface area contributed by atoms with Gasteiger partial charge in [0.1, 0.15) is 5.75 Å². The van der Waals surface area contributed by atoms with E-state index in [9.17, 15) is 5.11 Å². The molecule has 21 heavy (non-hydrogen) atoms. The molecule has 0 bridgehead atoms. The van der Waals surface area contributed by atoms with Crippen molar-refractivity contribution in [3.8, 4) is 5.75 Å². The van der Waals surface area contributed by atoms with Gasteiger partial charge in [-0.2, -0.15) is 0 Å². The van der Waals surface area contributed by atoms with E-state index in [1.807, 2.05) is 19.1 Å². The van der Waals surface area contributed by atoms with E-state index in [1.165, 1.54) is 11.1 Å². The van der Waals surface area contributed by atoms with E-state index in [2.05, 4.69) is 44.3 Å². The highest BCUT2D eigenvalue weighted by Gasteiger charge is 2.19. The van der Waals surface area contributed by atoms with Gasteiger partial charge in [-0.3, -0.25) is 0 Å². The van der Waals surface area contributed by atoms with Crippen LogP contribution < -0.4 is 10.1 Å². The molecule has 0 heterocycles. The SMILES string of the molecule is COc1ccc(/C=C(/C)CNCC(C)(C)CC(C)O)cc1. The fourth-order valence-electron chi connectivity index (χ4n) is 2.51. The van der Waals surface area contributed by atoms with Crippen molar-refractivity contribution in [3.63, 3.8) is 0 Å². The van der Waals surface area contributed by atoms with Crippen LogP contribution in [0.25, 0.3) is 6.08 Å². The average Bonchev–Trinajstić information content (AvgIpc) is 2.37. The lowest BCUT2D eigenvalue weighted by atomic mass is 9.87. The van der Waals surface area contributed by atoms with Gasteiger partial charge in [0.25, 0.3) is 0 Å². The summed E-state index contributed by atoms with van der Waals surface area (Å²) in [6, 6.07) is 8.05. The Hall–Kier alpha value is -1.32. The fourth-order valence-corrected chi connectivity index (χ4v) is 2.51. The summed E-state index contributed by atoms with van der Waals surface area (Å²) in [6.07, 6.45) is 2.73. The maximum absolute atomic E-state index is 9.48. The number of hydrogen-bond donors (Lipinski definition) is 2. The summed E-state index contributed by atoms with van der Waals surface area (Å²) >= 11 is 0. The Morgan fingerprint density at radius 3 is 2.48 bits per heavy atom. The molecule has 1 aromatic rings. The Balaban J connectivity index is 2.45. The molecule has 3 heteroatoms. The minimum absolute atomic E-state index is 0.106. The Kier molecular flexibility index (Phi) is 6.93. The molecule has 1 atom stereocenters. The summed E-state index contributed by atoms with van der Waals surface area (Å²) in [5.74, 6) is 0.878. The molecule has 1 aromatic carbocycles. The minimum atomic E-state index is -0.252. The van der Waals surface area contributed by atoms with Crippen molar-refractivity contribution < 1.29 is 9.84 Å². The molecule has 2 N–H and O–H groups in total. The molecular weight excluding hydrogens is 262 g/mol. The molecule has 0 spiro atoms. The van der Waals surface area contributed by atoms with Crippen LogP contribution >= 0.6 is 0 Å². The number of rotatable bonds is 8. The van der Waals surface area contributed by atoms with Crippen molar-refractivity contribution in [2.24, 2.45) is 5.41 Å². The zero-order valence-electron chi connectivity index (χ0n) is 13.9. The Bertz CT molecular complexity index is 447. The summed E-state index contributed by atoms with van der Waals surface area (Å²) in [6.45, 7) is 10.1. The second-order valence-electron chi connectivity index (χ2n) is 6.58. The first kappa shape index (κ1) is 17.7. The first-order valence-corrected chi connectivity index (χ1v) is 7.52. The van der Waals surface area contributed by atoms with Crippen molar-refractivity contribution in [1.82, 2.24) is 5.32 Å². The topological polar surface area (TPSA) is 41.5 Å². The molecule has 0 fully saturated rings. The Labute approximate surface area is 129 Å². The molecule has 3 nitrogen and oxygen atoms in total. The smallest absolute Gasteiger partial charge is 0.118 e. The number of aliphatic hydroxyl groups is 1. The van der Waals surface area contributed by atoms with Crippen molar-refractivity contribution in [1.29, 1.82) is 0 Å². The van der Waals surface area contributed by atoms with Gasteiger partial charge < -0.3 is 15.2 Å². The van der Waals surface area contributed by atoms with Gasteiger partial charge in [-0.15, -0.1) is 0 Å². The molecule has 0 aliphatic heterocycles. The number of nitrogens with one attached hydrogen (secondary N) is 1. The van der Waals surface area contributed by atoms with Crippen LogP contribution in [0.3, 0.4) is 0 Å². The molecule has 0 aromatic heterocycles. The molecular formula is C18H29NO2. The van der Waals surface area contributed by atoms with Crippen molar-refractivity contribution in [2.75, 3.05) is 20.2 Å². The van der Waals surface area contributed by atoms with Crippen LogP contribution in [-0.4, -0.2) is 31.4 Å². The van der Waals surface area contributed by atoms with Crippen LogP contribution in [-0.2, 0) is 0 Å². The van der Waals surface area contributed by atoms with Gasteiger partial charge in [-0.25, -0.2) is 0 Å². The lowest BCUT2D eigenvalue weighted by Gasteiger charge is -2.26. The third-order valence-corrected chi connectivity index (χ3v) is 3.38. The third-order valence-electron chi connectivity index (χ3n) is 3.38. The van der Waals surface area contributed by atoms with E-state index >= 15 is 0 Å². The molecule has 1 unspecified atom stereocenters. The van der Waals surface area contributed by atoms with E-state index in [-0.39, 0.29) is 11.5 Å². The molecule has 0 saturated carbocycles. The molecule has 0 aliphatic rings. The van der Waals surface area contributed by atoms with Crippen LogP contribution in [0.2, 0.25) is 0 Å². The van der Waals surface area contributed by atoms with E-state index < -0.39 is 0 Å². The largest absolute Gasteiger partial charge is 0.497 e. The van der Waals surface area contributed by atoms with Crippen LogP contribution in [0.1, 0.15) is 39.7 Å². The first-order valence-electron chi connectivity index (χ1n) is 7.52. The Morgan fingerprint density at radius 2 is 1.95 bits per heavy atom. The van der Waals surface area contributed by atoms with Gasteiger partial charge >= 0.3 is 0 Å². The molecule has 0 aliphatic carbocycles. The van der Waals surface area contributed by atoms with Crippen molar-refractivity contribution in [3.05, 3.63) is 35.4 Å². The second kappa shape index (κ2) is 8.20. The molecule has 1 rings (SSSR count). The number of methoxy groups -OCH3 is 1. The number of hydrogen-bond acceptors (Lipinski definition) is 3. The number of aliphatic hydroxyl groups excluding tert-OH is 1. The van der Waals surface area contributed by atoms with Crippen molar-refractivity contribution >= 4 is 6.08 Å². The van der Waals surface area contributed by atoms with Gasteiger partial charge in [0.2, 0.25) is 0 Å². The number of ether oxygens (including phenoxy) is 1. The normalized spacial score (nSPS) is 14.1. The predicted octanol–water partition coefficient (Wildman–Crippen LogP) is 3.49. The first-order chi connectivity index (χ1) is 9.82. The van der Waals surface area contributed by atoms with Gasteiger partial charge in [0, 0.05) is 13.1 Å². The Morgan fingerprint density at radius 1 is 1.33 bits per heavy atom. The van der Waals surface area contributed by atoms with Crippen LogP contribution in [0.15, 0.2) is 29.8 Å². The van der Waals surface area contributed by atoms with Crippen LogP contribution in [0, 0.1) is 5.41 Å². The second-order valence-corrected chi connectivity index (χ2v) is 6.58. The summed E-state index contributed by atoms with van der Waals surface area (Å²) in [4.78, 5) is 0. The lowest BCUT2D eigenvalue weighted by Crippen LogP contribution is -2.32. The highest BCUT2D eigenvalue weighted by Crippen LogP contribution is 2.21. The van der Waals surface area contributed by atoms with E-state index in [0.717, 1.165) is 25.3 Å². The maximum Gasteiger partial charge on any atom is 0.118 e. The molecule has 0 amide bonds. The van der Waals surface area contributed by atoms with Crippen LogP contribution in [0.4, 0.5) is 0 Å². The van der Waals surface area contributed by atoms with Gasteiger partial charge in [0.15, 0.2) is 0 Å².